The van der Waals surface area contributed by atoms with Crippen molar-refractivity contribution in [1.29, 1.82) is 0 Å². The Morgan fingerprint density at radius 2 is 2.04 bits per heavy atom. The number of para-hydroxylation sites is 1. The fourth-order valence-corrected chi connectivity index (χ4v) is 3.49. The number of rotatable bonds is 6. The highest BCUT2D eigenvalue weighted by atomic mass is 16.4. The quantitative estimate of drug-likeness (QED) is 0.876. The number of benzene rings is 1. The van der Waals surface area contributed by atoms with E-state index >= 15 is 0 Å². The molecule has 0 bridgehead atoms. The summed E-state index contributed by atoms with van der Waals surface area (Å²) < 4.78 is 1.82. The number of amides is 1. The van der Waals surface area contributed by atoms with Crippen molar-refractivity contribution in [3.05, 3.63) is 47.8 Å². The van der Waals surface area contributed by atoms with Gasteiger partial charge < -0.3 is 10.0 Å². The third kappa shape index (κ3) is 3.57. The Balaban J connectivity index is 1.92. The standard InChI is InChI=1S/C19H23N3O3/c1-2-7-17-16(13-20-22(17)14-8-4-3-5-9-14)19(25)21-11-6-10-15(21)12-18(23)24/h3-5,8-9,13,15H,2,6-7,10-12H2,1H3,(H,23,24). The van der Waals surface area contributed by atoms with Crippen molar-refractivity contribution >= 4 is 11.9 Å². The summed E-state index contributed by atoms with van der Waals surface area (Å²) in [6.45, 7) is 2.68. The first-order chi connectivity index (χ1) is 12.1. The van der Waals surface area contributed by atoms with Gasteiger partial charge in [0.15, 0.2) is 0 Å². The Morgan fingerprint density at radius 1 is 1.28 bits per heavy atom. The predicted molar refractivity (Wildman–Crippen MR) is 93.9 cm³/mol. The van der Waals surface area contributed by atoms with E-state index in [4.69, 9.17) is 5.11 Å². The maximum Gasteiger partial charge on any atom is 0.305 e. The number of carbonyl (C=O) groups is 2. The smallest absolute Gasteiger partial charge is 0.305 e. The molecule has 1 aromatic heterocycles. The van der Waals surface area contributed by atoms with Crippen LogP contribution in [0.3, 0.4) is 0 Å². The van der Waals surface area contributed by atoms with Gasteiger partial charge in [0.2, 0.25) is 0 Å². The van der Waals surface area contributed by atoms with Crippen LogP contribution in [-0.4, -0.2) is 44.3 Å². The minimum absolute atomic E-state index is 0.00166. The van der Waals surface area contributed by atoms with Gasteiger partial charge in [-0.25, -0.2) is 4.68 Å². The summed E-state index contributed by atoms with van der Waals surface area (Å²) in [6.07, 6.45) is 4.86. The van der Waals surface area contributed by atoms with E-state index in [-0.39, 0.29) is 18.4 Å². The van der Waals surface area contributed by atoms with Crippen molar-refractivity contribution in [2.24, 2.45) is 0 Å². The van der Waals surface area contributed by atoms with E-state index in [0.717, 1.165) is 37.1 Å². The molecule has 1 aromatic carbocycles. The Hall–Kier alpha value is -2.63. The summed E-state index contributed by atoms with van der Waals surface area (Å²) in [4.78, 5) is 25.8. The highest BCUT2D eigenvalue weighted by Crippen LogP contribution is 2.25. The monoisotopic (exact) mass is 341 g/mol. The molecule has 1 fully saturated rings. The minimum atomic E-state index is -0.863. The molecule has 2 aromatic rings. The van der Waals surface area contributed by atoms with Gasteiger partial charge in [-0.1, -0.05) is 31.5 Å². The number of hydrogen-bond donors (Lipinski definition) is 1. The molecule has 1 amide bonds. The van der Waals surface area contributed by atoms with E-state index in [2.05, 4.69) is 12.0 Å². The van der Waals surface area contributed by atoms with Crippen LogP contribution >= 0.6 is 0 Å². The summed E-state index contributed by atoms with van der Waals surface area (Å²) >= 11 is 0. The van der Waals surface area contributed by atoms with Gasteiger partial charge >= 0.3 is 5.97 Å². The van der Waals surface area contributed by atoms with E-state index in [1.165, 1.54) is 0 Å². The average molecular weight is 341 g/mol. The Kier molecular flexibility index (Phi) is 5.16. The number of hydrogen-bond acceptors (Lipinski definition) is 3. The van der Waals surface area contributed by atoms with Crippen LogP contribution in [-0.2, 0) is 11.2 Å². The molecule has 6 heteroatoms. The van der Waals surface area contributed by atoms with Crippen LogP contribution in [0.5, 0.6) is 0 Å². The molecular weight excluding hydrogens is 318 g/mol. The predicted octanol–water partition coefficient (Wildman–Crippen LogP) is 2.90. The van der Waals surface area contributed by atoms with Gasteiger partial charge in [0.25, 0.3) is 5.91 Å². The number of aromatic nitrogens is 2. The molecule has 1 aliphatic heterocycles. The van der Waals surface area contributed by atoms with Crippen molar-refractivity contribution in [3.8, 4) is 5.69 Å². The van der Waals surface area contributed by atoms with Crippen LogP contribution in [0.15, 0.2) is 36.5 Å². The molecular formula is C19H23N3O3. The number of carboxylic acid groups (broad SMARTS) is 1. The Bertz CT molecular complexity index is 755. The molecule has 1 atom stereocenters. The molecule has 1 N–H and O–H groups in total. The van der Waals surface area contributed by atoms with E-state index in [1.54, 1.807) is 11.1 Å². The van der Waals surface area contributed by atoms with Crippen molar-refractivity contribution in [2.45, 2.75) is 45.1 Å². The molecule has 1 saturated heterocycles. The van der Waals surface area contributed by atoms with Crippen molar-refractivity contribution in [1.82, 2.24) is 14.7 Å². The van der Waals surface area contributed by atoms with E-state index in [0.29, 0.717) is 12.1 Å². The molecule has 6 nitrogen and oxygen atoms in total. The topological polar surface area (TPSA) is 75.4 Å². The second-order valence-electron chi connectivity index (χ2n) is 6.39. The zero-order valence-corrected chi connectivity index (χ0v) is 14.4. The molecule has 0 aliphatic carbocycles. The molecule has 0 saturated carbocycles. The maximum absolute atomic E-state index is 13.1. The van der Waals surface area contributed by atoms with Gasteiger partial charge in [-0.2, -0.15) is 5.10 Å². The van der Waals surface area contributed by atoms with Crippen LogP contribution < -0.4 is 0 Å². The Morgan fingerprint density at radius 3 is 2.72 bits per heavy atom. The Labute approximate surface area is 147 Å². The lowest BCUT2D eigenvalue weighted by Crippen LogP contribution is -2.37. The number of likely N-dealkylation sites (tertiary alicyclic amines) is 1. The second-order valence-corrected chi connectivity index (χ2v) is 6.39. The van der Waals surface area contributed by atoms with Crippen molar-refractivity contribution < 1.29 is 14.7 Å². The van der Waals surface area contributed by atoms with E-state index < -0.39 is 5.97 Å². The molecule has 25 heavy (non-hydrogen) atoms. The summed E-state index contributed by atoms with van der Waals surface area (Å²) in [7, 11) is 0. The lowest BCUT2D eigenvalue weighted by atomic mass is 10.1. The number of aliphatic carboxylic acids is 1. The fraction of sp³-hybridized carbons (Fsp3) is 0.421. The molecule has 132 valence electrons. The highest BCUT2D eigenvalue weighted by Gasteiger charge is 2.33. The molecule has 1 unspecified atom stereocenters. The third-order valence-corrected chi connectivity index (χ3v) is 4.64. The van der Waals surface area contributed by atoms with Crippen LogP contribution in [0.2, 0.25) is 0 Å². The lowest BCUT2D eigenvalue weighted by molar-refractivity contribution is -0.137. The van der Waals surface area contributed by atoms with E-state index in [1.807, 2.05) is 35.0 Å². The summed E-state index contributed by atoms with van der Waals surface area (Å²) in [6, 6.07) is 9.53. The molecule has 3 rings (SSSR count). The fourth-order valence-electron chi connectivity index (χ4n) is 3.49. The van der Waals surface area contributed by atoms with Gasteiger partial charge in [-0.05, 0) is 31.4 Å². The number of carbonyl (C=O) groups excluding carboxylic acids is 1. The largest absolute Gasteiger partial charge is 0.481 e. The van der Waals surface area contributed by atoms with Crippen molar-refractivity contribution in [3.63, 3.8) is 0 Å². The minimum Gasteiger partial charge on any atom is -0.481 e. The van der Waals surface area contributed by atoms with Crippen LogP contribution in [0, 0.1) is 0 Å². The lowest BCUT2D eigenvalue weighted by Gasteiger charge is -2.23. The maximum atomic E-state index is 13.1. The summed E-state index contributed by atoms with van der Waals surface area (Å²) in [5.41, 5.74) is 2.40. The van der Waals surface area contributed by atoms with Gasteiger partial charge in [-0.3, -0.25) is 9.59 Å². The first-order valence-electron chi connectivity index (χ1n) is 8.77. The number of nitrogens with zero attached hydrogens (tertiary/aromatic N) is 3. The third-order valence-electron chi connectivity index (χ3n) is 4.64. The van der Waals surface area contributed by atoms with E-state index in [9.17, 15) is 9.59 Å². The first-order valence-corrected chi connectivity index (χ1v) is 8.77. The molecule has 0 radical (unpaired) electrons. The number of carboxylic acids is 1. The molecule has 2 heterocycles. The van der Waals surface area contributed by atoms with Crippen LogP contribution in [0.1, 0.15) is 48.7 Å². The summed E-state index contributed by atoms with van der Waals surface area (Å²) in [5.74, 6) is -0.965. The average Bonchev–Trinajstić information content (AvgIpc) is 3.22. The van der Waals surface area contributed by atoms with Gasteiger partial charge in [0.05, 0.1) is 29.6 Å². The van der Waals surface area contributed by atoms with Crippen LogP contribution in [0.4, 0.5) is 0 Å². The van der Waals surface area contributed by atoms with Crippen molar-refractivity contribution in [2.75, 3.05) is 6.54 Å². The van der Waals surface area contributed by atoms with Gasteiger partial charge in [0, 0.05) is 12.6 Å². The summed E-state index contributed by atoms with van der Waals surface area (Å²) in [5, 5.41) is 13.5. The second kappa shape index (κ2) is 7.51. The normalized spacial score (nSPS) is 17.0. The SMILES string of the molecule is CCCc1c(C(=O)N2CCCC2CC(=O)O)cnn1-c1ccccc1. The first kappa shape index (κ1) is 17.2. The van der Waals surface area contributed by atoms with Gasteiger partial charge in [0.1, 0.15) is 0 Å². The van der Waals surface area contributed by atoms with Crippen LogP contribution in [0.25, 0.3) is 5.69 Å². The molecule has 1 aliphatic rings. The zero-order chi connectivity index (χ0) is 17.8. The van der Waals surface area contributed by atoms with Gasteiger partial charge in [-0.15, -0.1) is 0 Å². The highest BCUT2D eigenvalue weighted by molar-refractivity contribution is 5.96. The molecule has 0 spiro atoms. The zero-order valence-electron chi connectivity index (χ0n) is 14.4.